The summed E-state index contributed by atoms with van der Waals surface area (Å²) < 4.78 is 4.45. The number of hydrogen-bond donors (Lipinski definition) is 2. The Hall–Kier alpha value is -1.88. The minimum atomic E-state index is -0.923. The summed E-state index contributed by atoms with van der Waals surface area (Å²) in [5.74, 6) is -2.00. The van der Waals surface area contributed by atoms with Crippen molar-refractivity contribution >= 4 is 11.9 Å². The van der Waals surface area contributed by atoms with Crippen molar-refractivity contribution in [2.45, 2.75) is 5.92 Å². The van der Waals surface area contributed by atoms with Crippen LogP contribution in [0.5, 0.6) is 0 Å². The van der Waals surface area contributed by atoms with Crippen LogP contribution in [-0.4, -0.2) is 37.2 Å². The maximum atomic E-state index is 11.1. The average Bonchev–Trinajstić information content (AvgIpc) is 2.34. The monoisotopic (exact) mass is 237 g/mol. The molecule has 1 unspecified atom stereocenters. The molecule has 2 N–H and O–H groups in total. The molecule has 1 aromatic carbocycles. The average molecular weight is 237 g/mol. The summed E-state index contributed by atoms with van der Waals surface area (Å²) >= 11 is 0. The number of esters is 1. The highest BCUT2D eigenvalue weighted by Gasteiger charge is 2.19. The van der Waals surface area contributed by atoms with Crippen molar-refractivity contribution in [3.05, 3.63) is 35.9 Å². The zero-order chi connectivity index (χ0) is 12.7. The molecular weight excluding hydrogens is 222 g/mol. The van der Waals surface area contributed by atoms with E-state index in [4.69, 9.17) is 5.11 Å². The number of hydrogen-bond acceptors (Lipinski definition) is 4. The Bertz CT molecular complexity index is 377. The van der Waals surface area contributed by atoms with E-state index in [1.807, 2.05) is 6.07 Å². The van der Waals surface area contributed by atoms with Gasteiger partial charge in [0.05, 0.1) is 19.6 Å². The summed E-state index contributed by atoms with van der Waals surface area (Å²) in [5, 5.41) is 11.9. The SMILES string of the molecule is COC(=O)CNCC(C(=O)O)c1ccccc1. The van der Waals surface area contributed by atoms with Gasteiger partial charge in [0.1, 0.15) is 0 Å². The molecular formula is C12H15NO4. The predicted molar refractivity (Wildman–Crippen MR) is 61.7 cm³/mol. The molecule has 0 amide bonds. The van der Waals surface area contributed by atoms with E-state index < -0.39 is 17.9 Å². The molecule has 1 atom stereocenters. The van der Waals surface area contributed by atoms with Crippen LogP contribution < -0.4 is 5.32 Å². The summed E-state index contributed by atoms with van der Waals surface area (Å²) in [6, 6.07) is 8.89. The lowest BCUT2D eigenvalue weighted by molar-refractivity contribution is -0.141. The summed E-state index contributed by atoms with van der Waals surface area (Å²) in [5.41, 5.74) is 0.706. The molecule has 0 saturated carbocycles. The normalized spacial score (nSPS) is 11.8. The third-order valence-corrected chi connectivity index (χ3v) is 2.35. The van der Waals surface area contributed by atoms with Crippen LogP contribution in [0.15, 0.2) is 30.3 Å². The highest BCUT2D eigenvalue weighted by Crippen LogP contribution is 2.14. The number of carboxylic acid groups (broad SMARTS) is 1. The number of methoxy groups -OCH3 is 1. The molecule has 0 aliphatic heterocycles. The molecule has 92 valence electrons. The van der Waals surface area contributed by atoms with Gasteiger partial charge >= 0.3 is 11.9 Å². The Morgan fingerprint density at radius 2 is 2.00 bits per heavy atom. The van der Waals surface area contributed by atoms with Gasteiger partial charge in [0, 0.05) is 6.54 Å². The van der Waals surface area contributed by atoms with Gasteiger partial charge in [0.2, 0.25) is 0 Å². The summed E-state index contributed by atoms with van der Waals surface area (Å²) in [6.07, 6.45) is 0. The molecule has 0 spiro atoms. The summed E-state index contributed by atoms with van der Waals surface area (Å²) in [6.45, 7) is 0.196. The molecule has 0 aliphatic carbocycles. The zero-order valence-electron chi connectivity index (χ0n) is 9.55. The molecule has 17 heavy (non-hydrogen) atoms. The first-order chi connectivity index (χ1) is 8.15. The van der Waals surface area contributed by atoms with E-state index in [0.29, 0.717) is 5.56 Å². The maximum Gasteiger partial charge on any atom is 0.319 e. The van der Waals surface area contributed by atoms with Crippen molar-refractivity contribution in [2.24, 2.45) is 0 Å². The van der Waals surface area contributed by atoms with Crippen LogP contribution in [0.1, 0.15) is 11.5 Å². The van der Waals surface area contributed by atoms with E-state index in [-0.39, 0.29) is 13.1 Å². The number of rotatable bonds is 6. The fourth-order valence-corrected chi connectivity index (χ4v) is 1.42. The fraction of sp³-hybridized carbons (Fsp3) is 0.333. The van der Waals surface area contributed by atoms with Crippen LogP contribution in [0.3, 0.4) is 0 Å². The minimum Gasteiger partial charge on any atom is -0.481 e. The first kappa shape index (κ1) is 13.2. The second-order valence-electron chi connectivity index (χ2n) is 3.51. The number of carbonyl (C=O) groups excluding carboxylic acids is 1. The van der Waals surface area contributed by atoms with Gasteiger partial charge in [-0.05, 0) is 5.56 Å². The van der Waals surface area contributed by atoms with Crippen LogP contribution >= 0.6 is 0 Å². The van der Waals surface area contributed by atoms with Gasteiger partial charge in [-0.15, -0.1) is 0 Å². The molecule has 0 heterocycles. The van der Waals surface area contributed by atoms with E-state index in [9.17, 15) is 9.59 Å². The second-order valence-corrected chi connectivity index (χ2v) is 3.51. The molecule has 0 radical (unpaired) electrons. The lowest BCUT2D eigenvalue weighted by atomic mass is 9.99. The van der Waals surface area contributed by atoms with Gasteiger partial charge < -0.3 is 15.2 Å². The number of benzene rings is 1. The standard InChI is InChI=1S/C12H15NO4/c1-17-11(14)8-13-7-10(12(15)16)9-5-3-2-4-6-9/h2-6,10,13H,7-8H2,1H3,(H,15,16). The topological polar surface area (TPSA) is 75.6 Å². The first-order valence-electron chi connectivity index (χ1n) is 5.20. The van der Waals surface area contributed by atoms with Crippen molar-refractivity contribution in [3.63, 3.8) is 0 Å². The van der Waals surface area contributed by atoms with Gasteiger partial charge in [0.15, 0.2) is 0 Å². The van der Waals surface area contributed by atoms with Gasteiger partial charge in [0.25, 0.3) is 0 Å². The van der Waals surface area contributed by atoms with E-state index in [1.165, 1.54) is 7.11 Å². The quantitative estimate of drug-likeness (QED) is 0.709. The van der Waals surface area contributed by atoms with Gasteiger partial charge in [-0.2, -0.15) is 0 Å². The molecule has 0 fully saturated rings. The van der Waals surface area contributed by atoms with E-state index in [0.717, 1.165) is 0 Å². The molecule has 0 aliphatic rings. The number of carboxylic acids is 1. The second kappa shape index (κ2) is 6.65. The molecule has 5 heteroatoms. The summed E-state index contributed by atoms with van der Waals surface area (Å²) in [4.78, 5) is 22.0. The Kier molecular flexibility index (Phi) is 5.16. The van der Waals surface area contributed by atoms with Gasteiger partial charge in [-0.25, -0.2) is 0 Å². The van der Waals surface area contributed by atoms with E-state index >= 15 is 0 Å². The van der Waals surface area contributed by atoms with Gasteiger partial charge in [-0.3, -0.25) is 9.59 Å². The van der Waals surface area contributed by atoms with Crippen LogP contribution in [0.2, 0.25) is 0 Å². The van der Waals surface area contributed by atoms with Crippen molar-refractivity contribution < 1.29 is 19.4 Å². The third kappa shape index (κ3) is 4.24. The number of nitrogens with one attached hydrogen (secondary N) is 1. The van der Waals surface area contributed by atoms with Crippen LogP contribution in [0, 0.1) is 0 Å². The lowest BCUT2D eigenvalue weighted by Crippen LogP contribution is -2.31. The van der Waals surface area contributed by atoms with E-state index in [2.05, 4.69) is 10.1 Å². The largest absolute Gasteiger partial charge is 0.481 e. The maximum absolute atomic E-state index is 11.1. The van der Waals surface area contributed by atoms with Crippen molar-refractivity contribution in [1.29, 1.82) is 0 Å². The smallest absolute Gasteiger partial charge is 0.319 e. The predicted octanol–water partition coefficient (Wildman–Crippen LogP) is 0.617. The number of ether oxygens (including phenoxy) is 1. The Balaban J connectivity index is 2.56. The van der Waals surface area contributed by atoms with Crippen LogP contribution in [-0.2, 0) is 14.3 Å². The summed E-state index contributed by atoms with van der Waals surface area (Å²) in [7, 11) is 1.29. The Morgan fingerprint density at radius 1 is 1.35 bits per heavy atom. The lowest BCUT2D eigenvalue weighted by Gasteiger charge is -2.13. The Labute approximate surface area is 99.4 Å². The van der Waals surface area contributed by atoms with Crippen molar-refractivity contribution in [3.8, 4) is 0 Å². The zero-order valence-corrected chi connectivity index (χ0v) is 9.55. The first-order valence-corrected chi connectivity index (χ1v) is 5.20. The molecule has 0 aromatic heterocycles. The number of aliphatic carboxylic acids is 1. The van der Waals surface area contributed by atoms with Crippen LogP contribution in [0.25, 0.3) is 0 Å². The minimum absolute atomic E-state index is 0.00706. The Morgan fingerprint density at radius 3 is 2.53 bits per heavy atom. The third-order valence-electron chi connectivity index (χ3n) is 2.35. The molecule has 1 aromatic rings. The molecule has 1 rings (SSSR count). The molecule has 5 nitrogen and oxygen atoms in total. The van der Waals surface area contributed by atoms with Gasteiger partial charge in [-0.1, -0.05) is 30.3 Å². The van der Waals surface area contributed by atoms with Crippen molar-refractivity contribution in [2.75, 3.05) is 20.2 Å². The molecule has 0 bridgehead atoms. The fourth-order valence-electron chi connectivity index (χ4n) is 1.42. The van der Waals surface area contributed by atoms with E-state index in [1.54, 1.807) is 24.3 Å². The van der Waals surface area contributed by atoms with Crippen LogP contribution in [0.4, 0.5) is 0 Å². The molecule has 0 saturated heterocycles. The van der Waals surface area contributed by atoms with Crippen molar-refractivity contribution in [1.82, 2.24) is 5.32 Å². The number of carbonyl (C=O) groups is 2. The highest BCUT2D eigenvalue weighted by molar-refractivity contribution is 5.76. The highest BCUT2D eigenvalue weighted by atomic mass is 16.5.